The molecule has 19 heavy (non-hydrogen) atoms. The highest BCUT2D eigenvalue weighted by atomic mass is 16.6. The van der Waals surface area contributed by atoms with Gasteiger partial charge in [-0.2, -0.15) is 0 Å². The Morgan fingerprint density at radius 1 is 1.47 bits per heavy atom. The maximum absolute atomic E-state index is 11.7. The normalized spacial score (nSPS) is 41.3. The van der Waals surface area contributed by atoms with Crippen molar-refractivity contribution in [1.82, 2.24) is 0 Å². The summed E-state index contributed by atoms with van der Waals surface area (Å²) in [6.07, 6.45) is 5.39. The Labute approximate surface area is 113 Å². The summed E-state index contributed by atoms with van der Waals surface area (Å²) >= 11 is 0. The Balaban J connectivity index is 2.31. The highest BCUT2D eigenvalue weighted by molar-refractivity contribution is 5.76. The van der Waals surface area contributed by atoms with Gasteiger partial charge in [0.15, 0.2) is 0 Å². The lowest BCUT2D eigenvalue weighted by atomic mass is 9.82. The third-order valence-corrected chi connectivity index (χ3v) is 4.02. The van der Waals surface area contributed by atoms with Crippen molar-refractivity contribution < 1.29 is 19.4 Å². The first-order chi connectivity index (χ1) is 9.02. The van der Waals surface area contributed by atoms with Gasteiger partial charge in [0.05, 0.1) is 12.0 Å². The van der Waals surface area contributed by atoms with Crippen LogP contribution in [0.5, 0.6) is 0 Å². The zero-order valence-corrected chi connectivity index (χ0v) is 11.3. The van der Waals surface area contributed by atoms with Crippen molar-refractivity contribution in [3.8, 4) is 0 Å². The number of fused-ring (bicyclic) bond motifs is 1. The van der Waals surface area contributed by atoms with Gasteiger partial charge in [0, 0.05) is 12.3 Å². The lowest BCUT2D eigenvalue weighted by Crippen LogP contribution is -2.32. The Morgan fingerprint density at radius 3 is 2.89 bits per heavy atom. The largest absolute Gasteiger partial charge is 0.457 e. The minimum absolute atomic E-state index is 0.269. The van der Waals surface area contributed by atoms with Crippen LogP contribution in [0.25, 0.3) is 0 Å². The molecule has 0 aromatic carbocycles. The molecule has 0 unspecified atom stereocenters. The van der Waals surface area contributed by atoms with Crippen LogP contribution in [0.1, 0.15) is 33.1 Å². The zero-order valence-electron chi connectivity index (χ0n) is 11.3. The van der Waals surface area contributed by atoms with Crippen LogP contribution in [0.15, 0.2) is 23.3 Å². The smallest absolute Gasteiger partial charge is 0.309 e. The number of ether oxygens (including phenoxy) is 1. The summed E-state index contributed by atoms with van der Waals surface area (Å²) in [4.78, 5) is 22.7. The second-order valence-electron chi connectivity index (χ2n) is 5.49. The van der Waals surface area contributed by atoms with Crippen LogP contribution in [0.4, 0.5) is 0 Å². The molecule has 0 amide bonds. The van der Waals surface area contributed by atoms with Gasteiger partial charge in [0.2, 0.25) is 0 Å². The fraction of sp³-hybridized carbons (Fsp3) is 0.600. The Kier molecular flexibility index (Phi) is 4.20. The SMILES string of the molecule is C/C1=C\[C@H]2OC(=O)[C@@H](C)[C@@H]2[C@@H](O)C/C(C=O)=C\CC1. The van der Waals surface area contributed by atoms with Crippen molar-refractivity contribution in [2.75, 3.05) is 0 Å². The molecule has 0 bridgehead atoms. The van der Waals surface area contributed by atoms with Crippen LogP contribution < -0.4 is 0 Å². The predicted octanol–water partition coefficient (Wildman–Crippen LogP) is 1.78. The van der Waals surface area contributed by atoms with Crippen molar-refractivity contribution in [2.45, 2.75) is 45.3 Å². The van der Waals surface area contributed by atoms with Gasteiger partial charge in [0.1, 0.15) is 12.4 Å². The molecule has 4 atom stereocenters. The monoisotopic (exact) mass is 264 g/mol. The standard InChI is InChI=1S/C15H20O4/c1-9-4-3-5-11(8-16)7-12(17)14-10(2)15(18)19-13(14)6-9/h5-6,8,10,12-14,17H,3-4,7H2,1-2H3/b9-6+,11-5+/t10-,12-,13+,14+/m0/s1. The van der Waals surface area contributed by atoms with E-state index in [-0.39, 0.29) is 23.9 Å². The van der Waals surface area contributed by atoms with Crippen molar-refractivity contribution in [1.29, 1.82) is 0 Å². The first-order valence-electron chi connectivity index (χ1n) is 6.73. The minimum Gasteiger partial charge on any atom is -0.457 e. The molecule has 1 aliphatic heterocycles. The van der Waals surface area contributed by atoms with Crippen molar-refractivity contribution in [3.63, 3.8) is 0 Å². The molecule has 1 N–H and O–H groups in total. The summed E-state index contributed by atoms with van der Waals surface area (Å²) in [7, 11) is 0. The molecule has 1 aliphatic carbocycles. The number of esters is 1. The van der Waals surface area contributed by atoms with Gasteiger partial charge in [-0.3, -0.25) is 9.59 Å². The number of allylic oxidation sites excluding steroid dienone is 2. The van der Waals surface area contributed by atoms with Crippen molar-refractivity contribution >= 4 is 12.3 Å². The van der Waals surface area contributed by atoms with E-state index in [0.717, 1.165) is 24.7 Å². The summed E-state index contributed by atoms with van der Waals surface area (Å²) in [6.45, 7) is 3.76. The zero-order chi connectivity index (χ0) is 14.0. The van der Waals surface area contributed by atoms with E-state index in [0.29, 0.717) is 12.0 Å². The van der Waals surface area contributed by atoms with E-state index in [4.69, 9.17) is 4.74 Å². The van der Waals surface area contributed by atoms with Gasteiger partial charge in [-0.15, -0.1) is 0 Å². The maximum atomic E-state index is 11.7. The third-order valence-electron chi connectivity index (χ3n) is 4.02. The summed E-state index contributed by atoms with van der Waals surface area (Å²) in [6, 6.07) is 0. The number of rotatable bonds is 1. The number of carbonyl (C=O) groups excluding carboxylic acids is 2. The van der Waals surface area contributed by atoms with Crippen LogP contribution in [-0.2, 0) is 14.3 Å². The van der Waals surface area contributed by atoms with E-state index in [1.807, 2.05) is 19.1 Å². The molecule has 4 nitrogen and oxygen atoms in total. The topological polar surface area (TPSA) is 63.6 Å². The Bertz CT molecular complexity index is 435. The molecule has 0 saturated carbocycles. The molecule has 104 valence electrons. The molecule has 1 fully saturated rings. The van der Waals surface area contributed by atoms with Gasteiger partial charge in [-0.05, 0) is 31.4 Å². The predicted molar refractivity (Wildman–Crippen MR) is 70.3 cm³/mol. The molecular weight excluding hydrogens is 244 g/mol. The second kappa shape index (κ2) is 5.70. The van der Waals surface area contributed by atoms with Gasteiger partial charge in [-0.1, -0.05) is 18.6 Å². The molecule has 0 radical (unpaired) electrons. The van der Waals surface area contributed by atoms with Gasteiger partial charge in [0.25, 0.3) is 0 Å². The van der Waals surface area contributed by atoms with Gasteiger partial charge in [-0.25, -0.2) is 0 Å². The molecule has 2 aliphatic rings. The highest BCUT2D eigenvalue weighted by Crippen LogP contribution is 2.35. The molecule has 4 heteroatoms. The van der Waals surface area contributed by atoms with Crippen LogP contribution in [0.2, 0.25) is 0 Å². The van der Waals surface area contributed by atoms with Crippen molar-refractivity contribution in [2.24, 2.45) is 11.8 Å². The van der Waals surface area contributed by atoms with Crippen LogP contribution in [0, 0.1) is 11.8 Å². The van der Waals surface area contributed by atoms with E-state index in [1.54, 1.807) is 6.92 Å². The molecule has 2 rings (SSSR count). The average Bonchev–Trinajstić information content (AvgIpc) is 2.63. The average molecular weight is 264 g/mol. The lowest BCUT2D eigenvalue weighted by Gasteiger charge is -2.24. The molecular formula is C15H20O4. The molecule has 0 aromatic rings. The number of hydrogen-bond donors (Lipinski definition) is 1. The molecule has 1 saturated heterocycles. The van der Waals surface area contributed by atoms with E-state index < -0.39 is 6.10 Å². The van der Waals surface area contributed by atoms with Gasteiger partial charge >= 0.3 is 5.97 Å². The number of aliphatic hydroxyl groups excluding tert-OH is 1. The summed E-state index contributed by atoms with van der Waals surface area (Å²) in [5, 5.41) is 10.3. The molecule has 1 heterocycles. The van der Waals surface area contributed by atoms with E-state index >= 15 is 0 Å². The first kappa shape index (κ1) is 14.0. The number of hydrogen-bond acceptors (Lipinski definition) is 4. The number of aliphatic hydroxyl groups is 1. The Hall–Kier alpha value is -1.42. The fourth-order valence-corrected chi connectivity index (χ4v) is 2.87. The summed E-state index contributed by atoms with van der Waals surface area (Å²) < 4.78 is 5.34. The van der Waals surface area contributed by atoms with Crippen molar-refractivity contribution in [3.05, 3.63) is 23.3 Å². The fourth-order valence-electron chi connectivity index (χ4n) is 2.87. The highest BCUT2D eigenvalue weighted by Gasteiger charge is 2.44. The summed E-state index contributed by atoms with van der Waals surface area (Å²) in [5.41, 5.74) is 1.72. The van der Waals surface area contributed by atoms with Gasteiger partial charge < -0.3 is 9.84 Å². The molecule has 0 spiro atoms. The van der Waals surface area contributed by atoms with Crippen LogP contribution >= 0.6 is 0 Å². The van der Waals surface area contributed by atoms with Crippen LogP contribution in [-0.4, -0.2) is 29.6 Å². The first-order valence-corrected chi connectivity index (χ1v) is 6.73. The Morgan fingerprint density at radius 2 is 2.21 bits per heavy atom. The third kappa shape index (κ3) is 2.95. The minimum atomic E-state index is -0.731. The van der Waals surface area contributed by atoms with E-state index in [2.05, 4.69) is 0 Å². The maximum Gasteiger partial charge on any atom is 0.309 e. The van der Waals surface area contributed by atoms with E-state index in [9.17, 15) is 14.7 Å². The summed E-state index contributed by atoms with van der Waals surface area (Å²) in [5.74, 6) is -0.880. The van der Waals surface area contributed by atoms with E-state index in [1.165, 1.54) is 0 Å². The number of carbonyl (C=O) groups is 2. The molecule has 0 aromatic heterocycles. The quantitative estimate of drug-likeness (QED) is 0.445. The number of aldehydes is 1. The van der Waals surface area contributed by atoms with Crippen LogP contribution in [0.3, 0.4) is 0 Å². The second-order valence-corrected chi connectivity index (χ2v) is 5.49. The lowest BCUT2D eigenvalue weighted by molar-refractivity contribution is -0.142.